The number of carbonyl (C=O) groups is 1. The Balaban J connectivity index is 2.12. The predicted molar refractivity (Wildman–Crippen MR) is 74.7 cm³/mol. The molecule has 1 saturated heterocycles. The molecule has 0 spiro atoms. The molecule has 1 amide bonds. The third-order valence-electron chi connectivity index (χ3n) is 3.51. The molecule has 5 nitrogen and oxygen atoms in total. The van der Waals surface area contributed by atoms with E-state index in [1.807, 2.05) is 0 Å². The molecule has 0 aromatic carbocycles. The van der Waals surface area contributed by atoms with Crippen LogP contribution in [0.4, 0.5) is 0 Å². The second-order valence-electron chi connectivity index (χ2n) is 4.82. The summed E-state index contributed by atoms with van der Waals surface area (Å²) in [5.41, 5.74) is 0.308. The maximum atomic E-state index is 12.4. The normalized spacial score (nSPS) is 17.5. The van der Waals surface area contributed by atoms with Crippen molar-refractivity contribution in [1.29, 1.82) is 0 Å². The molecule has 0 radical (unpaired) electrons. The van der Waals surface area contributed by atoms with E-state index in [0.29, 0.717) is 5.56 Å². The number of likely N-dealkylation sites (tertiary alicyclic amines) is 1. The average Bonchev–Trinajstić information content (AvgIpc) is 2.41. The van der Waals surface area contributed by atoms with Crippen LogP contribution >= 0.6 is 23.2 Å². The highest BCUT2D eigenvalue weighted by Gasteiger charge is 2.26. The molecule has 1 aromatic heterocycles. The SMILES string of the molecule is CN1CCC(N(C)C(=O)c2cc(Cl)nnc2Cl)CC1. The van der Waals surface area contributed by atoms with Gasteiger partial charge in [0.25, 0.3) is 5.91 Å². The molecule has 0 N–H and O–H groups in total. The molecule has 0 atom stereocenters. The van der Waals surface area contributed by atoms with Crippen LogP contribution in [0.25, 0.3) is 0 Å². The van der Waals surface area contributed by atoms with Crippen molar-refractivity contribution in [3.8, 4) is 0 Å². The summed E-state index contributed by atoms with van der Waals surface area (Å²) in [6.45, 7) is 1.98. The third kappa shape index (κ3) is 3.35. The number of hydrogen-bond donors (Lipinski definition) is 0. The maximum absolute atomic E-state index is 12.4. The first-order chi connectivity index (χ1) is 8.99. The Morgan fingerprint density at radius 3 is 2.63 bits per heavy atom. The van der Waals surface area contributed by atoms with Crippen LogP contribution < -0.4 is 0 Å². The summed E-state index contributed by atoms with van der Waals surface area (Å²) in [4.78, 5) is 16.4. The number of hydrogen-bond acceptors (Lipinski definition) is 4. The van der Waals surface area contributed by atoms with Gasteiger partial charge in [-0.2, -0.15) is 0 Å². The van der Waals surface area contributed by atoms with E-state index in [9.17, 15) is 4.79 Å². The molecular weight excluding hydrogens is 287 g/mol. The Labute approximate surface area is 122 Å². The lowest BCUT2D eigenvalue weighted by Gasteiger charge is -2.35. The van der Waals surface area contributed by atoms with Crippen molar-refractivity contribution in [1.82, 2.24) is 20.0 Å². The van der Waals surface area contributed by atoms with Crippen molar-refractivity contribution in [2.24, 2.45) is 0 Å². The minimum atomic E-state index is -0.156. The van der Waals surface area contributed by atoms with Crippen molar-refractivity contribution >= 4 is 29.1 Å². The van der Waals surface area contributed by atoms with Gasteiger partial charge in [0.1, 0.15) is 0 Å². The lowest BCUT2D eigenvalue weighted by molar-refractivity contribution is 0.0659. The van der Waals surface area contributed by atoms with Crippen LogP contribution in [-0.4, -0.2) is 59.1 Å². The molecule has 0 saturated carbocycles. The first-order valence-electron chi connectivity index (χ1n) is 6.13. The van der Waals surface area contributed by atoms with E-state index in [1.165, 1.54) is 6.07 Å². The van der Waals surface area contributed by atoms with E-state index >= 15 is 0 Å². The van der Waals surface area contributed by atoms with Crippen LogP contribution in [0.3, 0.4) is 0 Å². The van der Waals surface area contributed by atoms with Crippen LogP contribution in [0, 0.1) is 0 Å². The van der Waals surface area contributed by atoms with Crippen LogP contribution in [0.2, 0.25) is 10.3 Å². The van der Waals surface area contributed by atoms with E-state index in [0.717, 1.165) is 25.9 Å². The standard InChI is InChI=1S/C12H16Cl2N4O/c1-17-5-3-8(4-6-17)18(2)12(19)9-7-10(13)15-16-11(9)14/h7-8H,3-6H2,1-2H3. The molecule has 1 aliphatic heterocycles. The summed E-state index contributed by atoms with van der Waals surface area (Å²) >= 11 is 11.7. The minimum Gasteiger partial charge on any atom is -0.339 e. The van der Waals surface area contributed by atoms with Crippen LogP contribution in [0.1, 0.15) is 23.2 Å². The second kappa shape index (κ2) is 6.03. The molecule has 2 rings (SSSR count). The van der Waals surface area contributed by atoms with Crippen LogP contribution in [-0.2, 0) is 0 Å². The first-order valence-corrected chi connectivity index (χ1v) is 6.89. The predicted octanol–water partition coefficient (Wildman–Crippen LogP) is 1.95. The number of nitrogens with zero attached hydrogens (tertiary/aromatic N) is 4. The molecule has 1 aromatic rings. The molecular formula is C12H16Cl2N4O. The van der Waals surface area contributed by atoms with Crippen LogP contribution in [0.5, 0.6) is 0 Å². The topological polar surface area (TPSA) is 49.3 Å². The van der Waals surface area contributed by atoms with Gasteiger partial charge < -0.3 is 9.80 Å². The fourth-order valence-corrected chi connectivity index (χ4v) is 2.56. The van der Waals surface area contributed by atoms with E-state index in [1.54, 1.807) is 11.9 Å². The fraction of sp³-hybridized carbons (Fsp3) is 0.583. The Kier molecular flexibility index (Phi) is 4.60. The number of amides is 1. The van der Waals surface area contributed by atoms with Gasteiger partial charge in [-0.1, -0.05) is 23.2 Å². The molecule has 104 valence electrons. The Hall–Kier alpha value is -0.910. The van der Waals surface area contributed by atoms with Gasteiger partial charge in [-0.3, -0.25) is 4.79 Å². The molecule has 19 heavy (non-hydrogen) atoms. The second-order valence-corrected chi connectivity index (χ2v) is 5.57. The molecule has 0 bridgehead atoms. The summed E-state index contributed by atoms with van der Waals surface area (Å²) in [6.07, 6.45) is 1.92. The van der Waals surface area contributed by atoms with Gasteiger partial charge in [0.05, 0.1) is 5.56 Å². The van der Waals surface area contributed by atoms with Crippen molar-refractivity contribution in [2.75, 3.05) is 27.2 Å². The maximum Gasteiger partial charge on any atom is 0.257 e. The smallest absolute Gasteiger partial charge is 0.257 e. The third-order valence-corrected chi connectivity index (χ3v) is 3.97. The van der Waals surface area contributed by atoms with Crippen molar-refractivity contribution < 1.29 is 4.79 Å². The number of aromatic nitrogens is 2. The summed E-state index contributed by atoms with van der Waals surface area (Å²) in [7, 11) is 3.88. The highest BCUT2D eigenvalue weighted by atomic mass is 35.5. The molecule has 2 heterocycles. The summed E-state index contributed by atoms with van der Waals surface area (Å²) < 4.78 is 0. The highest BCUT2D eigenvalue weighted by Crippen LogP contribution is 2.21. The van der Waals surface area contributed by atoms with Crippen molar-refractivity contribution in [3.05, 3.63) is 21.9 Å². The zero-order valence-electron chi connectivity index (χ0n) is 10.9. The van der Waals surface area contributed by atoms with E-state index in [-0.39, 0.29) is 22.3 Å². The summed E-state index contributed by atoms with van der Waals surface area (Å²) in [5, 5.41) is 7.54. The van der Waals surface area contributed by atoms with E-state index < -0.39 is 0 Å². The highest BCUT2D eigenvalue weighted by molar-refractivity contribution is 6.34. The van der Waals surface area contributed by atoms with Gasteiger partial charge in [-0.25, -0.2) is 0 Å². The largest absolute Gasteiger partial charge is 0.339 e. The first kappa shape index (κ1) is 14.5. The molecule has 1 aliphatic rings. The van der Waals surface area contributed by atoms with Gasteiger partial charge >= 0.3 is 0 Å². The molecule has 7 heteroatoms. The Bertz CT molecular complexity index is 475. The number of halogens is 2. The van der Waals surface area contributed by atoms with Gasteiger partial charge in [0.2, 0.25) is 0 Å². The number of rotatable bonds is 2. The number of piperidine rings is 1. The zero-order valence-corrected chi connectivity index (χ0v) is 12.4. The van der Waals surface area contributed by atoms with Gasteiger partial charge in [0.15, 0.2) is 10.3 Å². The molecule has 0 aliphatic carbocycles. The molecule has 1 fully saturated rings. The Morgan fingerprint density at radius 1 is 1.37 bits per heavy atom. The lowest BCUT2D eigenvalue weighted by atomic mass is 10.0. The van der Waals surface area contributed by atoms with Gasteiger partial charge in [0, 0.05) is 13.1 Å². The van der Waals surface area contributed by atoms with E-state index in [4.69, 9.17) is 23.2 Å². The number of carbonyl (C=O) groups excluding carboxylic acids is 1. The Morgan fingerprint density at radius 2 is 2.00 bits per heavy atom. The average molecular weight is 303 g/mol. The summed E-state index contributed by atoms with van der Waals surface area (Å²) in [6, 6.07) is 1.69. The quantitative estimate of drug-likeness (QED) is 0.838. The van der Waals surface area contributed by atoms with Crippen molar-refractivity contribution in [2.45, 2.75) is 18.9 Å². The zero-order chi connectivity index (χ0) is 14.0. The minimum absolute atomic E-state index is 0.0918. The van der Waals surface area contributed by atoms with Gasteiger partial charge in [-0.15, -0.1) is 10.2 Å². The lowest BCUT2D eigenvalue weighted by Crippen LogP contribution is -2.44. The van der Waals surface area contributed by atoms with E-state index in [2.05, 4.69) is 22.1 Å². The summed E-state index contributed by atoms with van der Waals surface area (Å²) in [5.74, 6) is -0.156. The monoisotopic (exact) mass is 302 g/mol. The fourth-order valence-electron chi connectivity index (χ4n) is 2.24. The van der Waals surface area contributed by atoms with Crippen LogP contribution in [0.15, 0.2) is 6.07 Å². The molecule has 0 unspecified atom stereocenters. The van der Waals surface area contributed by atoms with Gasteiger partial charge in [-0.05, 0) is 39.0 Å². The van der Waals surface area contributed by atoms with Crippen molar-refractivity contribution in [3.63, 3.8) is 0 Å².